The molecule has 2 fully saturated rings. The number of carbonyl (C=O) groups is 3. The fourth-order valence-electron chi connectivity index (χ4n) is 3.01. The number of rotatable bonds is 3. The van der Waals surface area contributed by atoms with E-state index < -0.39 is 5.97 Å². The van der Waals surface area contributed by atoms with Gasteiger partial charge in [0, 0.05) is 25.7 Å². The van der Waals surface area contributed by atoms with Gasteiger partial charge in [0.25, 0.3) is 0 Å². The zero-order valence-corrected chi connectivity index (χ0v) is 11.5. The first-order chi connectivity index (χ1) is 9.49. The van der Waals surface area contributed by atoms with Gasteiger partial charge >= 0.3 is 12.0 Å². The second kappa shape index (κ2) is 6.11. The molecule has 7 heteroatoms. The van der Waals surface area contributed by atoms with E-state index in [1.807, 2.05) is 0 Å². The van der Waals surface area contributed by atoms with Crippen LogP contribution in [-0.4, -0.2) is 58.5 Å². The van der Waals surface area contributed by atoms with E-state index in [0.717, 1.165) is 19.3 Å². The van der Waals surface area contributed by atoms with Gasteiger partial charge in [-0.2, -0.15) is 0 Å². The first-order valence-electron chi connectivity index (χ1n) is 7.05. The Morgan fingerprint density at radius 2 is 1.90 bits per heavy atom. The Balaban J connectivity index is 1.99. The molecule has 0 spiro atoms. The van der Waals surface area contributed by atoms with Crippen molar-refractivity contribution in [1.29, 1.82) is 0 Å². The van der Waals surface area contributed by atoms with Crippen LogP contribution in [-0.2, 0) is 9.59 Å². The monoisotopic (exact) mass is 283 g/mol. The van der Waals surface area contributed by atoms with E-state index in [1.54, 1.807) is 9.80 Å². The van der Waals surface area contributed by atoms with Gasteiger partial charge in [0.05, 0.1) is 12.3 Å². The second-order valence-electron chi connectivity index (χ2n) is 5.56. The quantitative estimate of drug-likeness (QED) is 0.774. The van der Waals surface area contributed by atoms with Crippen molar-refractivity contribution in [3.8, 4) is 0 Å². The highest BCUT2D eigenvalue weighted by atomic mass is 16.4. The first-order valence-corrected chi connectivity index (χ1v) is 7.05. The van der Waals surface area contributed by atoms with Crippen LogP contribution in [0.5, 0.6) is 0 Å². The van der Waals surface area contributed by atoms with E-state index in [9.17, 15) is 14.4 Å². The van der Waals surface area contributed by atoms with Crippen LogP contribution >= 0.6 is 0 Å². The van der Waals surface area contributed by atoms with Crippen molar-refractivity contribution in [2.24, 2.45) is 11.7 Å². The summed E-state index contributed by atoms with van der Waals surface area (Å²) in [7, 11) is 0. The predicted molar refractivity (Wildman–Crippen MR) is 70.9 cm³/mol. The van der Waals surface area contributed by atoms with Crippen molar-refractivity contribution >= 4 is 17.9 Å². The molecular formula is C13H21N3O4. The van der Waals surface area contributed by atoms with E-state index in [0.29, 0.717) is 26.1 Å². The Hall–Kier alpha value is -1.79. The van der Waals surface area contributed by atoms with Gasteiger partial charge in [-0.25, -0.2) is 4.79 Å². The zero-order valence-electron chi connectivity index (χ0n) is 11.5. The second-order valence-corrected chi connectivity index (χ2v) is 5.56. The number of nitrogens with two attached hydrogens (primary N) is 1. The topological polar surface area (TPSA) is 104 Å². The highest BCUT2D eigenvalue weighted by Crippen LogP contribution is 2.24. The number of amides is 3. The van der Waals surface area contributed by atoms with Crippen molar-refractivity contribution < 1.29 is 19.5 Å². The Morgan fingerprint density at radius 3 is 2.50 bits per heavy atom. The molecule has 112 valence electrons. The number of nitrogens with zero attached hydrogens (tertiary/aromatic N) is 2. The molecule has 2 aliphatic rings. The molecule has 2 aliphatic heterocycles. The summed E-state index contributed by atoms with van der Waals surface area (Å²) in [6.07, 6.45) is 3.16. The Bertz CT molecular complexity index is 412. The number of piperidine rings is 1. The molecule has 3 N–H and O–H groups in total. The average Bonchev–Trinajstić information content (AvgIpc) is 2.87. The standard InChI is InChI=1S/C13H21N3O4/c14-12(19)9-4-6-15(8-9)13(20)16-5-2-1-3-10(16)7-11(17)18/h9-10H,1-8H2,(H2,14,19)(H,17,18). The highest BCUT2D eigenvalue weighted by molar-refractivity contribution is 5.81. The molecule has 0 aromatic rings. The molecule has 0 aromatic heterocycles. The number of carboxylic acids is 1. The molecule has 0 bridgehead atoms. The molecule has 2 saturated heterocycles. The number of carbonyl (C=O) groups excluding carboxylic acids is 2. The molecule has 0 saturated carbocycles. The lowest BCUT2D eigenvalue weighted by Gasteiger charge is -2.37. The van der Waals surface area contributed by atoms with E-state index in [-0.39, 0.29) is 30.3 Å². The summed E-state index contributed by atoms with van der Waals surface area (Å²) in [5.41, 5.74) is 5.26. The van der Waals surface area contributed by atoms with E-state index in [4.69, 9.17) is 10.8 Å². The van der Waals surface area contributed by atoms with Crippen LogP contribution in [0.4, 0.5) is 4.79 Å². The third-order valence-corrected chi connectivity index (χ3v) is 4.14. The van der Waals surface area contributed by atoms with Gasteiger partial charge < -0.3 is 20.6 Å². The lowest BCUT2D eigenvalue weighted by Crippen LogP contribution is -2.50. The third kappa shape index (κ3) is 3.20. The summed E-state index contributed by atoms with van der Waals surface area (Å²) in [6.45, 7) is 1.46. The number of aliphatic carboxylic acids is 1. The molecule has 7 nitrogen and oxygen atoms in total. The molecule has 2 atom stereocenters. The summed E-state index contributed by atoms with van der Waals surface area (Å²) in [6, 6.07) is -0.388. The molecule has 3 amide bonds. The van der Waals surface area contributed by atoms with Gasteiger partial charge in [-0.05, 0) is 25.7 Å². The number of likely N-dealkylation sites (tertiary alicyclic amines) is 2. The number of hydrogen-bond donors (Lipinski definition) is 2. The zero-order chi connectivity index (χ0) is 14.7. The minimum atomic E-state index is -0.883. The van der Waals surface area contributed by atoms with Crippen LogP contribution in [0.3, 0.4) is 0 Å². The van der Waals surface area contributed by atoms with Gasteiger partial charge in [-0.3, -0.25) is 9.59 Å². The van der Waals surface area contributed by atoms with Gasteiger partial charge in [0.1, 0.15) is 0 Å². The predicted octanol–water partition coefficient (Wildman–Crippen LogP) is 0.243. The molecule has 2 heterocycles. The highest BCUT2D eigenvalue weighted by Gasteiger charge is 2.35. The number of hydrogen-bond acceptors (Lipinski definition) is 3. The molecule has 20 heavy (non-hydrogen) atoms. The van der Waals surface area contributed by atoms with E-state index in [2.05, 4.69) is 0 Å². The van der Waals surface area contributed by atoms with Gasteiger partial charge in [-0.15, -0.1) is 0 Å². The van der Waals surface area contributed by atoms with Crippen molar-refractivity contribution in [2.45, 2.75) is 38.1 Å². The van der Waals surface area contributed by atoms with Crippen LogP contribution < -0.4 is 5.73 Å². The maximum Gasteiger partial charge on any atom is 0.320 e. The minimum absolute atomic E-state index is 0.0151. The molecular weight excluding hydrogens is 262 g/mol. The van der Waals surface area contributed by atoms with E-state index in [1.165, 1.54) is 0 Å². The molecule has 0 aromatic carbocycles. The van der Waals surface area contributed by atoms with Crippen LogP contribution in [0, 0.1) is 5.92 Å². The Kier molecular flexibility index (Phi) is 4.46. The van der Waals surface area contributed by atoms with Crippen LogP contribution in [0.25, 0.3) is 0 Å². The van der Waals surface area contributed by atoms with Crippen molar-refractivity contribution in [1.82, 2.24) is 9.80 Å². The first kappa shape index (κ1) is 14.6. The van der Waals surface area contributed by atoms with Gasteiger partial charge in [-0.1, -0.05) is 0 Å². The van der Waals surface area contributed by atoms with E-state index >= 15 is 0 Å². The number of urea groups is 1. The fraction of sp³-hybridized carbons (Fsp3) is 0.769. The average molecular weight is 283 g/mol. The normalized spacial score (nSPS) is 26.6. The summed E-state index contributed by atoms with van der Waals surface area (Å²) in [5.74, 6) is -1.53. The van der Waals surface area contributed by atoms with Gasteiger partial charge in [0.15, 0.2) is 0 Å². The number of primary amides is 1. The van der Waals surface area contributed by atoms with Crippen molar-refractivity contribution in [2.75, 3.05) is 19.6 Å². The summed E-state index contributed by atoms with van der Waals surface area (Å²) >= 11 is 0. The Morgan fingerprint density at radius 1 is 1.15 bits per heavy atom. The van der Waals surface area contributed by atoms with Crippen LogP contribution in [0.15, 0.2) is 0 Å². The SMILES string of the molecule is NC(=O)C1CCN(C(=O)N2CCCCC2CC(=O)O)C1. The summed E-state index contributed by atoms with van der Waals surface area (Å²) < 4.78 is 0. The molecule has 0 aliphatic carbocycles. The van der Waals surface area contributed by atoms with Crippen LogP contribution in [0.2, 0.25) is 0 Å². The molecule has 2 rings (SSSR count). The molecule has 2 unspecified atom stereocenters. The fourth-order valence-corrected chi connectivity index (χ4v) is 3.01. The van der Waals surface area contributed by atoms with Crippen LogP contribution in [0.1, 0.15) is 32.1 Å². The third-order valence-electron chi connectivity index (χ3n) is 4.14. The van der Waals surface area contributed by atoms with Crippen molar-refractivity contribution in [3.05, 3.63) is 0 Å². The van der Waals surface area contributed by atoms with Crippen molar-refractivity contribution in [3.63, 3.8) is 0 Å². The molecule has 0 radical (unpaired) electrons. The maximum absolute atomic E-state index is 12.5. The number of carboxylic acid groups (broad SMARTS) is 1. The van der Waals surface area contributed by atoms with Gasteiger partial charge in [0.2, 0.25) is 5.91 Å². The maximum atomic E-state index is 12.5. The Labute approximate surface area is 117 Å². The largest absolute Gasteiger partial charge is 0.481 e. The summed E-state index contributed by atoms with van der Waals surface area (Å²) in [5, 5.41) is 8.93. The lowest BCUT2D eigenvalue weighted by atomic mass is 10.00. The summed E-state index contributed by atoms with van der Waals surface area (Å²) in [4.78, 5) is 37.8. The lowest BCUT2D eigenvalue weighted by molar-refractivity contribution is -0.138. The smallest absolute Gasteiger partial charge is 0.320 e. The minimum Gasteiger partial charge on any atom is -0.481 e.